The maximum absolute atomic E-state index is 15.8. The molecule has 1 spiro atoms. The molecule has 4 aromatic rings. The Morgan fingerprint density at radius 3 is 2.52 bits per heavy atom. The molecule has 0 radical (unpaired) electrons. The second-order valence-corrected chi connectivity index (χ2v) is 16.2. The van der Waals surface area contributed by atoms with E-state index < -0.39 is 29.3 Å². The highest BCUT2D eigenvalue weighted by molar-refractivity contribution is 7.13. The summed E-state index contributed by atoms with van der Waals surface area (Å²) in [4.78, 5) is 57.0. The van der Waals surface area contributed by atoms with Crippen LogP contribution in [0.3, 0.4) is 0 Å². The van der Waals surface area contributed by atoms with Crippen molar-refractivity contribution in [1.29, 1.82) is 0 Å². The van der Waals surface area contributed by atoms with Gasteiger partial charge in [-0.1, -0.05) is 12.1 Å². The average Bonchev–Trinajstić information content (AvgIpc) is 3.90. The third kappa shape index (κ3) is 5.76. The Hall–Kier alpha value is -4.69. The lowest BCUT2D eigenvalue weighted by Crippen LogP contribution is -2.73. The van der Waals surface area contributed by atoms with Crippen LogP contribution in [0.25, 0.3) is 11.1 Å². The maximum Gasteiger partial charge on any atom is 0.255 e. The van der Waals surface area contributed by atoms with Crippen LogP contribution in [0, 0.1) is 11.2 Å². The number of hydrogen-bond donors (Lipinski definition) is 1. The minimum Gasteiger partial charge on any atom is -0.370 e. The van der Waals surface area contributed by atoms with E-state index in [9.17, 15) is 14.4 Å². The van der Waals surface area contributed by atoms with E-state index in [0.717, 1.165) is 49.4 Å². The summed E-state index contributed by atoms with van der Waals surface area (Å²) in [7, 11) is 1.98. The summed E-state index contributed by atoms with van der Waals surface area (Å²) in [6.45, 7) is 5.07. The SMILES string of the molecule is CN1CCC(F)(CC(=O)N2CC3(C2)CN(c2ccc(-c4cc(F)c5c(c4)C(=O)N(C(C(=O)Nc4nccs4)c4ncn6c4CCC6)C5)cc2)C3)CC1. The van der Waals surface area contributed by atoms with E-state index in [1.54, 1.807) is 24.0 Å². The van der Waals surface area contributed by atoms with Gasteiger partial charge >= 0.3 is 0 Å². The van der Waals surface area contributed by atoms with Gasteiger partial charge in [0.1, 0.15) is 11.5 Å². The number of nitrogens with one attached hydrogen (secondary N) is 1. The van der Waals surface area contributed by atoms with Crippen LogP contribution in [0.1, 0.15) is 59.0 Å². The third-order valence-corrected chi connectivity index (χ3v) is 12.4. The summed E-state index contributed by atoms with van der Waals surface area (Å²) in [5.41, 5.74) is 2.96. The molecule has 3 fully saturated rings. The minimum atomic E-state index is -1.39. The van der Waals surface area contributed by atoms with E-state index in [2.05, 4.69) is 25.1 Å². The lowest BCUT2D eigenvalue weighted by Gasteiger charge is -2.61. The number of rotatable bonds is 8. The van der Waals surface area contributed by atoms with Crippen LogP contribution in [0.2, 0.25) is 0 Å². The summed E-state index contributed by atoms with van der Waals surface area (Å²) in [6.07, 6.45) is 5.77. The zero-order chi connectivity index (χ0) is 35.8. The number of hydrogen-bond acceptors (Lipinski definition) is 8. The van der Waals surface area contributed by atoms with Gasteiger partial charge in [-0.25, -0.2) is 18.7 Å². The number of nitrogens with zero attached hydrogens (tertiary/aromatic N) is 7. The van der Waals surface area contributed by atoms with Crippen LogP contribution in [0.5, 0.6) is 0 Å². The largest absolute Gasteiger partial charge is 0.370 e. The van der Waals surface area contributed by atoms with Gasteiger partial charge in [-0.15, -0.1) is 11.3 Å². The predicted octanol–water partition coefficient (Wildman–Crippen LogP) is 4.90. The highest BCUT2D eigenvalue weighted by atomic mass is 32.1. The number of anilines is 2. The molecular formula is C38H40F2N8O3S. The molecule has 11 nitrogen and oxygen atoms in total. The molecule has 2 aromatic carbocycles. The van der Waals surface area contributed by atoms with Gasteiger partial charge in [0.15, 0.2) is 11.2 Å². The van der Waals surface area contributed by atoms with Gasteiger partial charge in [0.05, 0.1) is 25.0 Å². The first kappa shape index (κ1) is 33.2. The average molecular weight is 727 g/mol. The van der Waals surface area contributed by atoms with Gasteiger partial charge in [-0.2, -0.15) is 0 Å². The van der Waals surface area contributed by atoms with Crippen LogP contribution in [0.4, 0.5) is 19.6 Å². The number of alkyl halides is 1. The van der Waals surface area contributed by atoms with Crippen LogP contribution in [-0.4, -0.2) is 98.9 Å². The second-order valence-electron chi connectivity index (χ2n) is 15.3. The normalized spacial score (nSPS) is 20.8. The molecule has 52 heavy (non-hydrogen) atoms. The van der Waals surface area contributed by atoms with Crippen LogP contribution in [-0.2, 0) is 29.1 Å². The molecule has 0 aliphatic carbocycles. The summed E-state index contributed by atoms with van der Waals surface area (Å²) in [5.74, 6) is -1.43. The predicted molar refractivity (Wildman–Crippen MR) is 192 cm³/mol. The Bertz CT molecular complexity index is 2050. The minimum absolute atomic E-state index is 0.0233. The number of carbonyl (C=O) groups excluding carboxylic acids is 3. The fourth-order valence-corrected chi connectivity index (χ4v) is 9.23. The van der Waals surface area contributed by atoms with Gasteiger partial charge in [0.25, 0.3) is 11.8 Å². The van der Waals surface area contributed by atoms with Crippen molar-refractivity contribution in [2.45, 2.75) is 56.9 Å². The standard InChI is InChI=1S/C38H40F2N8O3S/c1-44-12-8-38(40,9-13-44)17-31(49)47-21-37(22-47)19-46(20-37)26-6-4-24(5-7-26)25-15-27-28(29(39)16-25)18-48(35(27)51)33(34(50)43-36-41-10-14-52-36)32-30-3-2-11-45(30)23-42-32/h4-7,10,14-16,23,33H,2-3,8-9,11-13,17-22H2,1H3,(H,41,43,50). The maximum atomic E-state index is 15.8. The number of amides is 3. The zero-order valence-electron chi connectivity index (χ0n) is 29.0. The Morgan fingerprint density at radius 2 is 1.79 bits per heavy atom. The first-order valence-electron chi connectivity index (χ1n) is 18.0. The monoisotopic (exact) mass is 726 g/mol. The molecule has 2 aromatic heterocycles. The van der Waals surface area contributed by atoms with Crippen molar-refractivity contribution in [3.8, 4) is 11.1 Å². The molecule has 270 valence electrons. The van der Waals surface area contributed by atoms with E-state index in [0.29, 0.717) is 55.4 Å². The number of benzene rings is 2. The van der Waals surface area contributed by atoms with Gasteiger partial charge < -0.3 is 24.2 Å². The Labute approximate surface area is 304 Å². The first-order valence-corrected chi connectivity index (χ1v) is 18.8. The third-order valence-electron chi connectivity index (χ3n) is 11.7. The highest BCUT2D eigenvalue weighted by Gasteiger charge is 2.54. The Morgan fingerprint density at radius 1 is 1.02 bits per heavy atom. The van der Waals surface area contributed by atoms with E-state index in [1.165, 1.54) is 22.3 Å². The van der Waals surface area contributed by atoms with Crippen molar-refractivity contribution in [1.82, 2.24) is 29.2 Å². The lowest BCUT2D eigenvalue weighted by atomic mass is 9.72. The zero-order valence-corrected chi connectivity index (χ0v) is 29.8. The van der Waals surface area contributed by atoms with E-state index >= 15 is 8.78 Å². The molecule has 7 heterocycles. The van der Waals surface area contributed by atoms with Crippen molar-refractivity contribution in [2.75, 3.05) is 56.5 Å². The number of imidazole rings is 1. The molecule has 14 heteroatoms. The molecule has 1 atom stereocenters. The second kappa shape index (κ2) is 12.5. The number of thiazole rings is 1. The number of aryl methyl sites for hydroxylation is 1. The van der Waals surface area contributed by atoms with Crippen LogP contribution < -0.4 is 10.2 Å². The molecule has 0 bridgehead atoms. The van der Waals surface area contributed by atoms with Crippen molar-refractivity contribution >= 4 is 39.9 Å². The highest BCUT2D eigenvalue weighted by Crippen LogP contribution is 2.44. The molecule has 1 N–H and O–H groups in total. The number of likely N-dealkylation sites (tertiary alicyclic amines) is 2. The lowest BCUT2D eigenvalue weighted by molar-refractivity contribution is -0.149. The smallest absolute Gasteiger partial charge is 0.255 e. The number of piperidine rings is 1. The van der Waals surface area contributed by atoms with E-state index in [4.69, 9.17) is 0 Å². The topological polar surface area (TPSA) is 107 Å². The van der Waals surface area contributed by atoms with Crippen molar-refractivity contribution < 1.29 is 23.2 Å². The van der Waals surface area contributed by atoms with Crippen LogP contribution >= 0.6 is 11.3 Å². The quantitative estimate of drug-likeness (QED) is 0.276. The van der Waals surface area contributed by atoms with Gasteiger partial charge in [0.2, 0.25) is 5.91 Å². The Balaban J connectivity index is 0.868. The molecule has 0 saturated carbocycles. The molecule has 5 aliphatic rings. The van der Waals surface area contributed by atoms with E-state index in [1.807, 2.05) is 40.8 Å². The molecule has 3 saturated heterocycles. The van der Waals surface area contributed by atoms with Crippen molar-refractivity contribution in [2.24, 2.45) is 5.41 Å². The number of aromatic nitrogens is 3. The first-order chi connectivity index (χ1) is 25.1. The molecule has 9 rings (SSSR count). The molecule has 5 aliphatic heterocycles. The van der Waals surface area contributed by atoms with Gasteiger partial charge in [-0.05, 0) is 68.1 Å². The van der Waals surface area contributed by atoms with E-state index in [-0.39, 0.29) is 35.4 Å². The van der Waals surface area contributed by atoms with Crippen molar-refractivity contribution in [3.05, 3.63) is 82.6 Å². The van der Waals surface area contributed by atoms with Gasteiger partial charge in [-0.3, -0.25) is 19.7 Å². The number of carbonyl (C=O) groups is 3. The summed E-state index contributed by atoms with van der Waals surface area (Å²) in [5, 5.41) is 5.01. The number of fused-ring (bicyclic) bond motifs is 2. The molecular weight excluding hydrogens is 687 g/mol. The van der Waals surface area contributed by atoms with Crippen molar-refractivity contribution in [3.63, 3.8) is 0 Å². The number of halogens is 2. The summed E-state index contributed by atoms with van der Waals surface area (Å²) < 4.78 is 33.1. The molecule has 1 unspecified atom stereocenters. The van der Waals surface area contributed by atoms with Gasteiger partial charge in [0, 0.05) is 85.3 Å². The summed E-state index contributed by atoms with van der Waals surface area (Å²) in [6, 6.07) is 9.97. The fourth-order valence-electron chi connectivity index (χ4n) is 8.69. The van der Waals surface area contributed by atoms with Crippen LogP contribution in [0.15, 0.2) is 54.3 Å². The summed E-state index contributed by atoms with van der Waals surface area (Å²) >= 11 is 1.28. The Kier molecular flexibility index (Phi) is 7.95. The molecule has 3 amide bonds. The fraction of sp³-hybridized carbons (Fsp3) is 0.447.